The number of methoxy groups -OCH3 is 2. The van der Waals surface area contributed by atoms with Crippen molar-refractivity contribution in [2.45, 2.75) is 32.2 Å². The third-order valence-corrected chi connectivity index (χ3v) is 5.64. The molecule has 1 saturated heterocycles. The number of amides is 2. The first-order valence-corrected chi connectivity index (χ1v) is 10.4. The number of hydrogen-bond acceptors (Lipinski definition) is 6. The second kappa shape index (κ2) is 10.1. The lowest BCUT2D eigenvalue weighted by Gasteiger charge is -2.24. The maximum Gasteiger partial charge on any atom is 0.272 e. The molecule has 1 N–H and O–H groups in total. The molecule has 2 amide bonds. The number of hydrogen-bond donors (Lipinski definition) is 1. The van der Waals surface area contributed by atoms with E-state index in [2.05, 4.69) is 5.32 Å². The molecule has 9 nitrogen and oxygen atoms in total. The summed E-state index contributed by atoms with van der Waals surface area (Å²) in [5.74, 6) is 0.913. The molecule has 3 rings (SSSR count). The van der Waals surface area contributed by atoms with Crippen LogP contribution in [0.1, 0.15) is 34.3 Å². The topological polar surface area (TPSA) is 111 Å². The van der Waals surface area contributed by atoms with Gasteiger partial charge in [0.15, 0.2) is 0 Å². The normalized spacial score (nSPS) is 15.3. The first-order valence-electron chi connectivity index (χ1n) is 10.4. The molecule has 1 aliphatic rings. The summed E-state index contributed by atoms with van der Waals surface area (Å²) in [5, 5.41) is 13.9. The van der Waals surface area contributed by atoms with Gasteiger partial charge in [-0.1, -0.05) is 0 Å². The summed E-state index contributed by atoms with van der Waals surface area (Å²) in [4.78, 5) is 37.9. The second-order valence-electron chi connectivity index (χ2n) is 7.63. The van der Waals surface area contributed by atoms with E-state index in [-0.39, 0.29) is 17.5 Å². The van der Waals surface area contributed by atoms with E-state index in [1.54, 1.807) is 26.0 Å². The van der Waals surface area contributed by atoms with Crippen LogP contribution in [-0.2, 0) is 11.2 Å². The minimum atomic E-state index is -0.565. The Morgan fingerprint density at radius 1 is 1.19 bits per heavy atom. The van der Waals surface area contributed by atoms with Crippen molar-refractivity contribution in [3.8, 4) is 11.5 Å². The van der Waals surface area contributed by atoms with E-state index in [0.29, 0.717) is 48.6 Å². The lowest BCUT2D eigenvalue weighted by Crippen LogP contribution is -2.46. The molecule has 1 aliphatic heterocycles. The van der Waals surface area contributed by atoms with Crippen molar-refractivity contribution in [2.75, 3.05) is 27.3 Å². The number of likely N-dealkylation sites (tertiary alicyclic amines) is 1. The Labute approximate surface area is 186 Å². The molecule has 1 atom stereocenters. The first-order chi connectivity index (χ1) is 15.3. The quantitative estimate of drug-likeness (QED) is 0.498. The highest BCUT2D eigenvalue weighted by Crippen LogP contribution is 2.25. The Kier molecular flexibility index (Phi) is 7.29. The number of nitro benzene ring substituents is 1. The highest BCUT2D eigenvalue weighted by molar-refractivity contribution is 5.98. The lowest BCUT2D eigenvalue weighted by molar-refractivity contribution is -0.385. The Morgan fingerprint density at radius 2 is 1.97 bits per heavy atom. The minimum absolute atomic E-state index is 0.0368. The molecule has 0 spiro atoms. The predicted octanol–water partition coefficient (Wildman–Crippen LogP) is 2.88. The molecule has 2 aromatic rings. The molecule has 170 valence electrons. The van der Waals surface area contributed by atoms with Gasteiger partial charge in [0.2, 0.25) is 5.91 Å². The summed E-state index contributed by atoms with van der Waals surface area (Å²) in [6, 6.07) is 9.20. The number of ether oxygens (including phenoxy) is 2. The molecule has 9 heteroatoms. The largest absolute Gasteiger partial charge is 0.497 e. The van der Waals surface area contributed by atoms with Crippen LogP contribution in [-0.4, -0.2) is 55.0 Å². The van der Waals surface area contributed by atoms with E-state index in [0.717, 1.165) is 12.0 Å². The molecule has 2 aromatic carbocycles. The lowest BCUT2D eigenvalue weighted by atomic mass is 10.1. The molecule has 0 aliphatic carbocycles. The number of carbonyl (C=O) groups is 2. The summed E-state index contributed by atoms with van der Waals surface area (Å²) in [7, 11) is 3.18. The maximum atomic E-state index is 13.0. The van der Waals surface area contributed by atoms with Gasteiger partial charge in [-0.25, -0.2) is 0 Å². The fourth-order valence-electron chi connectivity index (χ4n) is 3.96. The number of nitrogens with one attached hydrogen (secondary N) is 1. The molecule has 0 saturated carbocycles. The van der Waals surface area contributed by atoms with Gasteiger partial charge in [-0.05, 0) is 62.1 Å². The zero-order valence-corrected chi connectivity index (χ0v) is 18.4. The summed E-state index contributed by atoms with van der Waals surface area (Å²) in [5.41, 5.74) is 1.63. The molecular formula is C23H27N3O6. The van der Waals surface area contributed by atoms with Gasteiger partial charge < -0.3 is 19.7 Å². The van der Waals surface area contributed by atoms with Crippen molar-refractivity contribution in [2.24, 2.45) is 0 Å². The first kappa shape index (κ1) is 23.1. The van der Waals surface area contributed by atoms with E-state index < -0.39 is 11.0 Å². The Hall–Kier alpha value is -3.62. The number of rotatable bonds is 8. The van der Waals surface area contributed by atoms with Crippen LogP contribution in [0.5, 0.6) is 11.5 Å². The predicted molar refractivity (Wildman–Crippen MR) is 118 cm³/mol. The highest BCUT2D eigenvalue weighted by atomic mass is 16.6. The second-order valence-corrected chi connectivity index (χ2v) is 7.63. The van der Waals surface area contributed by atoms with Crippen LogP contribution in [0.3, 0.4) is 0 Å². The Bertz CT molecular complexity index is 1020. The Balaban J connectivity index is 1.64. The number of aryl methyl sites for hydroxylation is 1. The highest BCUT2D eigenvalue weighted by Gasteiger charge is 2.34. The average Bonchev–Trinajstić information content (AvgIpc) is 3.28. The van der Waals surface area contributed by atoms with Gasteiger partial charge in [0, 0.05) is 30.3 Å². The van der Waals surface area contributed by atoms with Gasteiger partial charge in [-0.15, -0.1) is 0 Å². The van der Waals surface area contributed by atoms with Crippen LogP contribution in [0.4, 0.5) is 5.69 Å². The minimum Gasteiger partial charge on any atom is -0.497 e. The number of carbonyl (C=O) groups excluding carboxylic acids is 2. The molecule has 1 heterocycles. The molecule has 0 aromatic heterocycles. The van der Waals surface area contributed by atoms with Crippen molar-refractivity contribution in [1.82, 2.24) is 10.2 Å². The number of nitrogens with zero attached hydrogens (tertiary/aromatic N) is 2. The van der Waals surface area contributed by atoms with E-state index in [4.69, 9.17) is 9.47 Å². The molecule has 0 radical (unpaired) electrons. The summed E-state index contributed by atoms with van der Waals surface area (Å²) in [6.07, 6.45) is 1.85. The summed E-state index contributed by atoms with van der Waals surface area (Å²) >= 11 is 0. The molecular weight excluding hydrogens is 414 g/mol. The average molecular weight is 441 g/mol. The van der Waals surface area contributed by atoms with Crippen molar-refractivity contribution in [3.63, 3.8) is 0 Å². The van der Waals surface area contributed by atoms with Gasteiger partial charge in [0.1, 0.15) is 17.5 Å². The summed E-state index contributed by atoms with van der Waals surface area (Å²) < 4.78 is 10.6. The van der Waals surface area contributed by atoms with E-state index >= 15 is 0 Å². The van der Waals surface area contributed by atoms with Crippen molar-refractivity contribution < 1.29 is 24.0 Å². The van der Waals surface area contributed by atoms with Crippen LogP contribution in [0.15, 0.2) is 36.4 Å². The van der Waals surface area contributed by atoms with Gasteiger partial charge in [-0.2, -0.15) is 0 Å². The third-order valence-electron chi connectivity index (χ3n) is 5.64. The van der Waals surface area contributed by atoms with E-state index in [1.165, 1.54) is 18.2 Å². The number of benzene rings is 2. The fourth-order valence-corrected chi connectivity index (χ4v) is 3.96. The van der Waals surface area contributed by atoms with Crippen LogP contribution >= 0.6 is 0 Å². The monoisotopic (exact) mass is 441 g/mol. The van der Waals surface area contributed by atoms with Gasteiger partial charge in [-0.3, -0.25) is 19.7 Å². The van der Waals surface area contributed by atoms with Crippen LogP contribution in [0.2, 0.25) is 0 Å². The standard InChI is InChI=1S/C23H27N3O6/c1-15-13-17(6-8-19(15)26(29)30)23(28)25-12-4-5-20(25)22(27)24-11-10-16-14-18(31-2)7-9-21(16)32-3/h6-9,13-14,20H,4-5,10-12H2,1-3H3,(H,24,27). The molecule has 1 unspecified atom stereocenters. The van der Waals surface area contributed by atoms with Crippen molar-refractivity contribution in [1.29, 1.82) is 0 Å². The molecule has 0 bridgehead atoms. The zero-order chi connectivity index (χ0) is 23.3. The Morgan fingerprint density at radius 3 is 2.62 bits per heavy atom. The van der Waals surface area contributed by atoms with E-state index in [1.807, 2.05) is 18.2 Å². The third kappa shape index (κ3) is 4.99. The molecule has 1 fully saturated rings. The van der Waals surface area contributed by atoms with Gasteiger partial charge in [0.25, 0.3) is 11.6 Å². The van der Waals surface area contributed by atoms with Gasteiger partial charge in [0.05, 0.1) is 19.1 Å². The SMILES string of the molecule is COc1ccc(OC)c(CCNC(=O)C2CCCN2C(=O)c2ccc([N+](=O)[O-])c(C)c2)c1. The fraction of sp³-hybridized carbons (Fsp3) is 0.391. The maximum absolute atomic E-state index is 13.0. The smallest absolute Gasteiger partial charge is 0.272 e. The van der Waals surface area contributed by atoms with Crippen molar-refractivity contribution >= 4 is 17.5 Å². The molecule has 32 heavy (non-hydrogen) atoms. The van der Waals surface area contributed by atoms with E-state index in [9.17, 15) is 19.7 Å². The van der Waals surface area contributed by atoms with Crippen molar-refractivity contribution in [3.05, 3.63) is 63.2 Å². The van der Waals surface area contributed by atoms with Crippen LogP contribution in [0.25, 0.3) is 0 Å². The number of nitro groups is 1. The van der Waals surface area contributed by atoms with Gasteiger partial charge >= 0.3 is 0 Å². The zero-order valence-electron chi connectivity index (χ0n) is 18.4. The van der Waals surface area contributed by atoms with Crippen LogP contribution in [0, 0.1) is 17.0 Å². The van der Waals surface area contributed by atoms with Crippen LogP contribution < -0.4 is 14.8 Å². The summed E-state index contributed by atoms with van der Waals surface area (Å²) in [6.45, 7) is 2.45.